The number of carboxylic acid groups (broad SMARTS) is 1. The van der Waals surface area contributed by atoms with E-state index in [1.165, 1.54) is 12.7 Å². The Hall–Kier alpha value is -3.44. The smallest absolute Gasteiger partial charge is 0.303 e. The number of aromatic nitrogens is 2. The first-order valence-electron chi connectivity index (χ1n) is 11.4. The van der Waals surface area contributed by atoms with Crippen LogP contribution in [0.1, 0.15) is 43.1 Å². The van der Waals surface area contributed by atoms with Gasteiger partial charge in [0.15, 0.2) is 12.1 Å². The predicted molar refractivity (Wildman–Crippen MR) is 125 cm³/mol. The number of likely N-dealkylation sites (tertiary alicyclic amines) is 1. The van der Waals surface area contributed by atoms with E-state index in [1.54, 1.807) is 19.4 Å². The number of fused-ring (bicyclic) bond motifs is 1. The first-order valence-corrected chi connectivity index (χ1v) is 11.4. The van der Waals surface area contributed by atoms with Crippen molar-refractivity contribution in [1.29, 1.82) is 0 Å². The Kier molecular flexibility index (Phi) is 7.76. The molecule has 1 unspecified atom stereocenters. The van der Waals surface area contributed by atoms with Crippen LogP contribution in [0, 0.1) is 23.7 Å². The number of methoxy groups -OCH3 is 1. The fraction of sp³-hybridized carbons (Fsp3) is 0.423. The van der Waals surface area contributed by atoms with Crippen LogP contribution in [0.5, 0.6) is 5.75 Å². The van der Waals surface area contributed by atoms with Crippen LogP contribution in [0.25, 0.3) is 10.9 Å². The highest BCUT2D eigenvalue weighted by molar-refractivity contribution is 5.83. The van der Waals surface area contributed by atoms with Crippen molar-refractivity contribution in [3.8, 4) is 17.6 Å². The molecule has 1 fully saturated rings. The first kappa shape index (κ1) is 23.7. The topological polar surface area (TPSA) is 88.7 Å². The zero-order valence-electron chi connectivity index (χ0n) is 19.1. The summed E-state index contributed by atoms with van der Waals surface area (Å²) in [5, 5.41) is 10.2. The summed E-state index contributed by atoms with van der Waals surface area (Å²) in [5.74, 6) is 5.96. The van der Waals surface area contributed by atoms with Crippen molar-refractivity contribution < 1.29 is 23.4 Å². The molecule has 0 spiro atoms. The minimum absolute atomic E-state index is 0.0402. The molecule has 1 aliphatic heterocycles. The number of pyridine rings is 1. The van der Waals surface area contributed by atoms with Crippen LogP contribution < -0.4 is 4.74 Å². The van der Waals surface area contributed by atoms with Crippen molar-refractivity contribution in [2.24, 2.45) is 11.8 Å². The van der Waals surface area contributed by atoms with Gasteiger partial charge in [0.1, 0.15) is 18.2 Å². The van der Waals surface area contributed by atoms with Crippen LogP contribution in [-0.2, 0) is 4.79 Å². The minimum Gasteiger partial charge on any atom is -0.497 e. The Morgan fingerprint density at radius 1 is 1.35 bits per heavy atom. The van der Waals surface area contributed by atoms with Gasteiger partial charge in [0.05, 0.1) is 19.2 Å². The maximum atomic E-state index is 15.4. The van der Waals surface area contributed by atoms with E-state index in [4.69, 9.17) is 9.15 Å². The molecule has 7 nitrogen and oxygen atoms in total. The Morgan fingerprint density at radius 2 is 2.24 bits per heavy atom. The number of benzene rings is 1. The van der Waals surface area contributed by atoms with Gasteiger partial charge in [-0.15, -0.1) is 0 Å². The average molecular weight is 466 g/mol. The zero-order valence-corrected chi connectivity index (χ0v) is 19.1. The highest BCUT2D eigenvalue weighted by Gasteiger charge is 2.31. The van der Waals surface area contributed by atoms with Gasteiger partial charge in [0, 0.05) is 24.5 Å². The van der Waals surface area contributed by atoms with Crippen LogP contribution in [0.15, 0.2) is 47.5 Å². The molecule has 34 heavy (non-hydrogen) atoms. The molecule has 0 bridgehead atoms. The third-order valence-electron chi connectivity index (χ3n) is 6.47. The molecule has 4 rings (SSSR count). The molecule has 0 saturated carbocycles. The molecule has 1 N–H and O–H groups in total. The van der Waals surface area contributed by atoms with Gasteiger partial charge < -0.3 is 14.3 Å². The molecule has 178 valence electrons. The van der Waals surface area contributed by atoms with Crippen molar-refractivity contribution in [3.63, 3.8) is 0 Å². The molecule has 1 aliphatic rings. The van der Waals surface area contributed by atoms with Crippen molar-refractivity contribution >= 4 is 16.9 Å². The van der Waals surface area contributed by atoms with E-state index in [1.807, 2.05) is 18.2 Å². The molecule has 0 amide bonds. The number of alkyl halides is 1. The van der Waals surface area contributed by atoms with Crippen molar-refractivity contribution in [1.82, 2.24) is 14.9 Å². The Balaban J connectivity index is 1.39. The summed E-state index contributed by atoms with van der Waals surface area (Å²) in [5.41, 5.74) is 1.90. The summed E-state index contributed by atoms with van der Waals surface area (Å²) in [6.45, 7) is 1.98. The average Bonchev–Trinajstić information content (AvgIpc) is 3.36. The molecule has 8 heteroatoms. The largest absolute Gasteiger partial charge is 0.497 e. The second-order valence-electron chi connectivity index (χ2n) is 8.65. The number of ether oxygens (including phenoxy) is 1. The maximum absolute atomic E-state index is 15.4. The summed E-state index contributed by atoms with van der Waals surface area (Å²) < 4.78 is 25.6. The molecule has 0 aliphatic carbocycles. The molecule has 3 atom stereocenters. The molecule has 2 aromatic heterocycles. The molecule has 3 heterocycles. The van der Waals surface area contributed by atoms with Gasteiger partial charge in [-0.25, -0.2) is 9.37 Å². The van der Waals surface area contributed by atoms with Crippen LogP contribution in [0.4, 0.5) is 4.39 Å². The molecule has 3 aromatic rings. The van der Waals surface area contributed by atoms with Crippen molar-refractivity contribution in [2.75, 3.05) is 26.7 Å². The zero-order chi connectivity index (χ0) is 23.9. The van der Waals surface area contributed by atoms with E-state index in [2.05, 4.69) is 26.7 Å². The number of rotatable bonds is 8. The number of aliphatic carboxylic acids is 1. The number of hydrogen-bond donors (Lipinski definition) is 1. The molecular weight excluding hydrogens is 437 g/mol. The number of piperidine rings is 1. The predicted octanol–water partition coefficient (Wildman–Crippen LogP) is 4.49. The van der Waals surface area contributed by atoms with Crippen molar-refractivity contribution in [3.05, 3.63) is 54.4 Å². The van der Waals surface area contributed by atoms with Gasteiger partial charge in [0.25, 0.3) is 0 Å². The molecule has 0 radical (unpaired) electrons. The summed E-state index contributed by atoms with van der Waals surface area (Å²) in [4.78, 5) is 22.0. The molecule has 1 saturated heterocycles. The van der Waals surface area contributed by atoms with E-state index >= 15 is 4.39 Å². The van der Waals surface area contributed by atoms with Crippen LogP contribution >= 0.6 is 0 Å². The van der Waals surface area contributed by atoms with Crippen molar-refractivity contribution in [2.45, 2.75) is 31.9 Å². The second-order valence-corrected chi connectivity index (χ2v) is 8.65. The lowest BCUT2D eigenvalue weighted by atomic mass is 9.79. The number of carbonyl (C=O) groups is 1. The third kappa shape index (κ3) is 5.91. The molecular formula is C26H28FN3O4. The minimum atomic E-state index is -1.16. The number of nitrogens with zero attached hydrogens (tertiary/aromatic N) is 3. The first-order chi connectivity index (χ1) is 16.5. The summed E-state index contributed by atoms with van der Waals surface area (Å²) in [6.07, 6.45) is 5.15. The van der Waals surface area contributed by atoms with Gasteiger partial charge >= 0.3 is 5.97 Å². The SMILES string of the molecule is COc1ccc2nccc(C(F)CC[C@@H]3CCN(CC#Cc4cocn4)C[C@@H]3CC(=O)O)c2c1. The van der Waals surface area contributed by atoms with E-state index in [9.17, 15) is 9.90 Å². The summed E-state index contributed by atoms with van der Waals surface area (Å²) in [7, 11) is 1.58. The number of halogens is 1. The third-order valence-corrected chi connectivity index (χ3v) is 6.47. The lowest BCUT2D eigenvalue weighted by Gasteiger charge is -2.37. The Bertz CT molecular complexity index is 1170. The lowest BCUT2D eigenvalue weighted by molar-refractivity contribution is -0.139. The summed E-state index contributed by atoms with van der Waals surface area (Å²) in [6, 6.07) is 7.18. The number of carboxylic acids is 1. The Morgan fingerprint density at radius 3 is 3.00 bits per heavy atom. The van der Waals surface area contributed by atoms with Gasteiger partial charge in [-0.2, -0.15) is 0 Å². The van der Waals surface area contributed by atoms with E-state index in [0.717, 1.165) is 23.9 Å². The fourth-order valence-electron chi connectivity index (χ4n) is 4.71. The van der Waals surface area contributed by atoms with E-state index < -0.39 is 12.1 Å². The van der Waals surface area contributed by atoms with Gasteiger partial charge in [-0.3, -0.25) is 14.7 Å². The standard InChI is InChI=1S/C26H28FN3O4/c1-33-21-5-7-25-23(14-21)22(8-10-28-25)24(27)6-4-18-9-12-30(15-19(18)13-26(31)32)11-2-3-20-16-34-17-29-20/h5,7-8,10,14,16-19,24H,4,6,9,11-13,15H2,1H3,(H,31,32)/t18-,19+,24?/m1/s1. The fourth-order valence-corrected chi connectivity index (χ4v) is 4.71. The Labute approximate surface area is 198 Å². The van der Waals surface area contributed by atoms with Gasteiger partial charge in [-0.1, -0.05) is 5.92 Å². The van der Waals surface area contributed by atoms with Crippen LogP contribution in [0.3, 0.4) is 0 Å². The quantitative estimate of drug-likeness (QED) is 0.491. The summed E-state index contributed by atoms with van der Waals surface area (Å²) >= 11 is 0. The van der Waals surface area contributed by atoms with Crippen LogP contribution in [0.2, 0.25) is 0 Å². The monoisotopic (exact) mass is 465 g/mol. The number of hydrogen-bond acceptors (Lipinski definition) is 6. The second kappa shape index (κ2) is 11.1. The number of oxazole rings is 1. The van der Waals surface area contributed by atoms with E-state index in [0.29, 0.717) is 42.9 Å². The van der Waals surface area contributed by atoms with E-state index in [-0.39, 0.29) is 18.3 Å². The highest BCUT2D eigenvalue weighted by Crippen LogP contribution is 2.36. The van der Waals surface area contributed by atoms with Gasteiger partial charge in [0.2, 0.25) is 0 Å². The highest BCUT2D eigenvalue weighted by atomic mass is 19.1. The molecule has 1 aromatic carbocycles. The maximum Gasteiger partial charge on any atom is 0.303 e. The van der Waals surface area contributed by atoms with Gasteiger partial charge in [-0.05, 0) is 73.4 Å². The normalized spacial score (nSPS) is 19.4. The lowest BCUT2D eigenvalue weighted by Crippen LogP contribution is -2.41. The van der Waals surface area contributed by atoms with Crippen LogP contribution in [-0.4, -0.2) is 52.7 Å².